The number of piperidine rings is 1. The van der Waals surface area contributed by atoms with Crippen molar-refractivity contribution < 1.29 is 13.2 Å². The smallest absolute Gasteiger partial charge is 0.243 e. The lowest BCUT2D eigenvalue weighted by Gasteiger charge is -2.31. The normalized spacial score (nSPS) is 21.8. The predicted octanol–water partition coefficient (Wildman–Crippen LogP) is 4.44. The number of fused-ring (bicyclic) bond motifs is 1. The van der Waals surface area contributed by atoms with E-state index < -0.39 is 15.9 Å². The number of nitrogens with one attached hydrogen (secondary N) is 1. The fourth-order valence-electron chi connectivity index (χ4n) is 4.30. The molecule has 2 unspecified atom stereocenters. The van der Waals surface area contributed by atoms with Gasteiger partial charge in [0.1, 0.15) is 11.1 Å². The van der Waals surface area contributed by atoms with E-state index in [2.05, 4.69) is 18.3 Å². The second-order valence-electron chi connectivity index (χ2n) is 8.31. The average molecular weight is 478 g/mol. The molecule has 4 rings (SSSR count). The maximum absolute atomic E-state index is 13.0. The van der Waals surface area contributed by atoms with Gasteiger partial charge in [0, 0.05) is 23.0 Å². The lowest BCUT2D eigenvalue weighted by molar-refractivity contribution is -0.120. The van der Waals surface area contributed by atoms with Crippen molar-refractivity contribution in [1.82, 2.24) is 4.31 Å². The molecule has 6 nitrogen and oxygen atoms in total. The summed E-state index contributed by atoms with van der Waals surface area (Å²) in [6, 6.07) is 8.33. The first-order valence-corrected chi connectivity index (χ1v) is 13.0. The molecule has 2 aliphatic rings. The highest BCUT2D eigenvalue weighted by Crippen LogP contribution is 2.39. The van der Waals surface area contributed by atoms with Crippen molar-refractivity contribution in [3.05, 3.63) is 45.3 Å². The van der Waals surface area contributed by atoms with E-state index in [1.54, 1.807) is 12.1 Å². The van der Waals surface area contributed by atoms with E-state index >= 15 is 0 Å². The van der Waals surface area contributed by atoms with Gasteiger partial charge in [-0.3, -0.25) is 4.79 Å². The van der Waals surface area contributed by atoms with Gasteiger partial charge in [0.05, 0.1) is 16.4 Å². The molecule has 2 heterocycles. The summed E-state index contributed by atoms with van der Waals surface area (Å²) in [5, 5.41) is 13.7. The largest absolute Gasteiger partial charge is 0.316 e. The van der Waals surface area contributed by atoms with Crippen LogP contribution in [0.15, 0.2) is 29.2 Å². The van der Waals surface area contributed by atoms with Crippen LogP contribution in [0, 0.1) is 23.2 Å². The van der Waals surface area contributed by atoms with Crippen LogP contribution in [0.5, 0.6) is 0 Å². The van der Waals surface area contributed by atoms with Gasteiger partial charge in [0.25, 0.3) is 0 Å². The first-order valence-electron chi connectivity index (χ1n) is 10.4. The van der Waals surface area contributed by atoms with Crippen LogP contribution in [0.1, 0.15) is 42.2 Å². The molecule has 1 amide bonds. The summed E-state index contributed by atoms with van der Waals surface area (Å²) in [4.78, 5) is 14.4. The third-order valence-corrected chi connectivity index (χ3v) is 9.37. The van der Waals surface area contributed by atoms with Crippen molar-refractivity contribution in [3.63, 3.8) is 0 Å². The molecule has 164 valence electrons. The maximum Gasteiger partial charge on any atom is 0.243 e. The highest BCUT2D eigenvalue weighted by molar-refractivity contribution is 7.89. The Morgan fingerprint density at radius 1 is 1.29 bits per heavy atom. The quantitative estimate of drug-likeness (QED) is 0.704. The standard InChI is InChI=1S/C22H24ClN3O3S2/c1-14-4-9-18-19(12-24)22(30-20(18)11-14)25-21(27)15-3-2-10-26(13-15)31(28,29)17-7-5-16(23)6-8-17/h5-8,14-15H,2-4,9-11,13H2,1H3,(H,25,27). The Morgan fingerprint density at radius 3 is 2.74 bits per heavy atom. The molecule has 0 radical (unpaired) electrons. The number of rotatable bonds is 4. The highest BCUT2D eigenvalue weighted by Gasteiger charge is 2.34. The minimum atomic E-state index is -3.69. The van der Waals surface area contributed by atoms with Crippen LogP contribution in [-0.4, -0.2) is 31.7 Å². The molecule has 0 bridgehead atoms. The van der Waals surface area contributed by atoms with Crippen molar-refractivity contribution >= 4 is 43.9 Å². The topological polar surface area (TPSA) is 90.3 Å². The summed E-state index contributed by atoms with van der Waals surface area (Å²) >= 11 is 7.36. The molecule has 31 heavy (non-hydrogen) atoms. The number of thiophene rings is 1. The third kappa shape index (κ3) is 4.51. The second kappa shape index (κ2) is 8.91. The molecule has 1 aromatic heterocycles. The number of anilines is 1. The van der Waals surface area contributed by atoms with Gasteiger partial charge in [-0.15, -0.1) is 11.3 Å². The first kappa shape index (κ1) is 22.3. The Morgan fingerprint density at radius 2 is 2.03 bits per heavy atom. The van der Waals surface area contributed by atoms with E-state index in [1.807, 2.05) is 0 Å². The van der Waals surface area contributed by atoms with Crippen LogP contribution >= 0.6 is 22.9 Å². The molecule has 1 aromatic carbocycles. The molecule has 1 aliphatic heterocycles. The van der Waals surface area contributed by atoms with Crippen LogP contribution in [0.4, 0.5) is 5.00 Å². The lowest BCUT2D eigenvalue weighted by atomic mass is 9.88. The predicted molar refractivity (Wildman–Crippen MR) is 122 cm³/mol. The lowest BCUT2D eigenvalue weighted by Crippen LogP contribution is -2.43. The zero-order chi connectivity index (χ0) is 22.2. The van der Waals surface area contributed by atoms with Crippen molar-refractivity contribution in [3.8, 4) is 6.07 Å². The van der Waals surface area contributed by atoms with E-state index in [-0.39, 0.29) is 17.3 Å². The molecule has 2 atom stereocenters. The van der Waals surface area contributed by atoms with E-state index in [4.69, 9.17) is 11.6 Å². The molecule has 0 saturated carbocycles. The summed E-state index contributed by atoms with van der Waals surface area (Å²) in [5.41, 5.74) is 1.64. The Hall–Kier alpha value is -1.92. The summed E-state index contributed by atoms with van der Waals surface area (Å²) < 4.78 is 27.4. The van der Waals surface area contributed by atoms with Crippen LogP contribution in [0.25, 0.3) is 0 Å². The molecule has 1 N–H and O–H groups in total. The molecule has 0 spiro atoms. The van der Waals surface area contributed by atoms with Crippen LogP contribution < -0.4 is 5.32 Å². The zero-order valence-electron chi connectivity index (χ0n) is 17.2. The van der Waals surface area contributed by atoms with E-state index in [1.165, 1.54) is 32.7 Å². The molecular formula is C22H24ClN3O3S2. The number of sulfonamides is 1. The number of benzene rings is 1. The maximum atomic E-state index is 13.0. The first-order chi connectivity index (χ1) is 14.8. The van der Waals surface area contributed by atoms with Gasteiger partial charge >= 0.3 is 0 Å². The Kier molecular flexibility index (Phi) is 6.40. The third-order valence-electron chi connectivity index (χ3n) is 6.07. The van der Waals surface area contributed by atoms with E-state index in [0.29, 0.717) is 40.9 Å². The number of nitrogens with zero attached hydrogens (tertiary/aromatic N) is 2. The minimum Gasteiger partial charge on any atom is -0.316 e. The van der Waals surface area contributed by atoms with E-state index in [0.717, 1.165) is 24.8 Å². The monoisotopic (exact) mass is 477 g/mol. The Labute approximate surface area is 191 Å². The van der Waals surface area contributed by atoms with Crippen LogP contribution in [0.3, 0.4) is 0 Å². The molecule has 9 heteroatoms. The number of hydrogen-bond donors (Lipinski definition) is 1. The van der Waals surface area contributed by atoms with Gasteiger partial charge in [-0.2, -0.15) is 9.57 Å². The number of halogens is 1. The molecule has 1 aliphatic carbocycles. The van der Waals surface area contributed by atoms with Crippen LogP contribution in [0.2, 0.25) is 5.02 Å². The summed E-state index contributed by atoms with van der Waals surface area (Å²) in [6.07, 6.45) is 4.06. The fraction of sp³-hybridized carbons (Fsp3) is 0.455. The van der Waals surface area contributed by atoms with Crippen molar-refractivity contribution in [1.29, 1.82) is 5.26 Å². The SMILES string of the molecule is CC1CCc2c(sc(NC(=O)C3CCCN(S(=O)(=O)c4ccc(Cl)cc4)C3)c2C#N)C1. The number of nitriles is 1. The number of carbonyl (C=O) groups is 1. The minimum absolute atomic E-state index is 0.126. The van der Waals surface area contributed by atoms with Gasteiger partial charge in [-0.1, -0.05) is 18.5 Å². The molecular weight excluding hydrogens is 454 g/mol. The summed E-state index contributed by atoms with van der Waals surface area (Å²) in [7, 11) is -3.69. The summed E-state index contributed by atoms with van der Waals surface area (Å²) in [5.74, 6) is -0.106. The van der Waals surface area contributed by atoms with Gasteiger partial charge < -0.3 is 5.32 Å². The Bertz CT molecular complexity index is 1140. The number of hydrogen-bond acceptors (Lipinski definition) is 5. The Balaban J connectivity index is 1.50. The highest BCUT2D eigenvalue weighted by atomic mass is 35.5. The molecule has 1 saturated heterocycles. The van der Waals surface area contributed by atoms with Gasteiger partial charge in [-0.25, -0.2) is 8.42 Å². The fourth-order valence-corrected chi connectivity index (χ4v) is 7.32. The second-order valence-corrected chi connectivity index (χ2v) is 11.8. The average Bonchev–Trinajstić information content (AvgIpc) is 3.10. The van der Waals surface area contributed by atoms with E-state index in [9.17, 15) is 18.5 Å². The van der Waals surface area contributed by atoms with Crippen molar-refractivity contribution in [2.75, 3.05) is 18.4 Å². The van der Waals surface area contributed by atoms with Gasteiger partial charge in [-0.05, 0) is 67.9 Å². The van der Waals surface area contributed by atoms with Crippen molar-refractivity contribution in [2.45, 2.75) is 43.9 Å². The van der Waals surface area contributed by atoms with Crippen molar-refractivity contribution in [2.24, 2.45) is 11.8 Å². The number of carbonyl (C=O) groups excluding carboxylic acids is 1. The molecule has 2 aromatic rings. The zero-order valence-corrected chi connectivity index (χ0v) is 19.6. The number of amides is 1. The van der Waals surface area contributed by atoms with Crippen LogP contribution in [-0.2, 0) is 27.7 Å². The van der Waals surface area contributed by atoms with Gasteiger partial charge in [0.2, 0.25) is 15.9 Å². The van der Waals surface area contributed by atoms with Gasteiger partial charge in [0.15, 0.2) is 0 Å². The molecule has 1 fully saturated rings. The summed E-state index contributed by atoms with van der Waals surface area (Å²) in [6.45, 7) is 2.70.